The molecular weight excluding hydrogens is 284 g/mol. The van der Waals surface area contributed by atoms with Crippen molar-refractivity contribution in [3.8, 4) is 0 Å². The zero-order chi connectivity index (χ0) is 14.7. The number of rotatable bonds is 4. The second kappa shape index (κ2) is 6.37. The first-order chi connectivity index (χ1) is 10.2. The molecule has 0 aliphatic carbocycles. The maximum atomic E-state index is 10.9. The summed E-state index contributed by atoms with van der Waals surface area (Å²) in [5.41, 5.74) is 1.50. The van der Waals surface area contributed by atoms with Gasteiger partial charge in [0.15, 0.2) is 0 Å². The molecule has 1 aliphatic rings. The standard InChI is InChI=1S/C16H18N2O2S/c19-16(20)13-6-4-12(5-7-13)11-18-9-2-1-3-14(18)15-17-8-10-21-15/h4-8,10,14H,1-3,9,11H2,(H,19,20). The molecule has 1 N–H and O–H groups in total. The third-order valence-corrected chi connectivity index (χ3v) is 4.81. The van der Waals surface area contributed by atoms with Crippen LogP contribution in [0, 0.1) is 0 Å². The number of carboxylic acids is 1. The van der Waals surface area contributed by atoms with Gasteiger partial charge in [-0.05, 0) is 37.1 Å². The number of likely N-dealkylation sites (tertiary alicyclic amines) is 1. The summed E-state index contributed by atoms with van der Waals surface area (Å²) in [6.45, 7) is 1.93. The van der Waals surface area contributed by atoms with Crippen molar-refractivity contribution in [1.29, 1.82) is 0 Å². The molecule has 4 nitrogen and oxygen atoms in total. The highest BCUT2D eigenvalue weighted by Crippen LogP contribution is 2.33. The van der Waals surface area contributed by atoms with Crippen molar-refractivity contribution < 1.29 is 9.90 Å². The molecule has 0 spiro atoms. The van der Waals surface area contributed by atoms with E-state index in [9.17, 15) is 4.79 Å². The van der Waals surface area contributed by atoms with Crippen molar-refractivity contribution in [3.63, 3.8) is 0 Å². The van der Waals surface area contributed by atoms with Gasteiger partial charge in [0.1, 0.15) is 5.01 Å². The minimum absolute atomic E-state index is 0.342. The second-order valence-electron chi connectivity index (χ2n) is 5.35. The highest BCUT2D eigenvalue weighted by Gasteiger charge is 2.25. The Kier molecular flexibility index (Phi) is 4.31. The summed E-state index contributed by atoms with van der Waals surface area (Å²) in [5.74, 6) is -0.875. The molecule has 1 unspecified atom stereocenters. The Hall–Kier alpha value is -1.72. The first kappa shape index (κ1) is 14.2. The Morgan fingerprint density at radius 2 is 2.14 bits per heavy atom. The minimum Gasteiger partial charge on any atom is -0.478 e. The van der Waals surface area contributed by atoms with Crippen molar-refractivity contribution in [3.05, 3.63) is 52.0 Å². The van der Waals surface area contributed by atoms with E-state index in [0.717, 1.165) is 25.1 Å². The Morgan fingerprint density at radius 1 is 1.33 bits per heavy atom. The maximum Gasteiger partial charge on any atom is 0.335 e. The normalized spacial score (nSPS) is 19.5. The second-order valence-corrected chi connectivity index (χ2v) is 6.28. The Morgan fingerprint density at radius 3 is 2.81 bits per heavy atom. The fraction of sp³-hybridized carbons (Fsp3) is 0.375. The van der Waals surface area contributed by atoms with Gasteiger partial charge in [0.2, 0.25) is 0 Å². The summed E-state index contributed by atoms with van der Waals surface area (Å²) in [5, 5.41) is 12.2. The van der Waals surface area contributed by atoms with Crippen molar-refractivity contribution in [2.24, 2.45) is 0 Å². The molecule has 0 radical (unpaired) electrons. The van der Waals surface area contributed by atoms with E-state index >= 15 is 0 Å². The van der Waals surface area contributed by atoms with Gasteiger partial charge in [-0.15, -0.1) is 11.3 Å². The van der Waals surface area contributed by atoms with Crippen LogP contribution in [0.5, 0.6) is 0 Å². The lowest BCUT2D eigenvalue weighted by atomic mass is 10.0. The van der Waals surface area contributed by atoms with Crippen LogP contribution < -0.4 is 0 Å². The van der Waals surface area contributed by atoms with E-state index in [0.29, 0.717) is 11.6 Å². The van der Waals surface area contributed by atoms with Gasteiger partial charge in [0.25, 0.3) is 0 Å². The number of carboxylic acid groups (broad SMARTS) is 1. The summed E-state index contributed by atoms with van der Waals surface area (Å²) in [6, 6.07) is 7.59. The van der Waals surface area contributed by atoms with Gasteiger partial charge >= 0.3 is 5.97 Å². The molecule has 2 heterocycles. The van der Waals surface area contributed by atoms with Crippen LogP contribution >= 0.6 is 11.3 Å². The molecule has 1 aliphatic heterocycles. The number of hydrogen-bond donors (Lipinski definition) is 1. The predicted octanol–water partition coefficient (Wildman–Crippen LogP) is 3.57. The van der Waals surface area contributed by atoms with E-state index in [1.54, 1.807) is 23.5 Å². The average Bonchev–Trinajstić information content (AvgIpc) is 3.02. The Bertz CT molecular complexity index is 595. The monoisotopic (exact) mass is 302 g/mol. The summed E-state index contributed by atoms with van der Waals surface area (Å²) >= 11 is 1.72. The predicted molar refractivity (Wildman–Crippen MR) is 82.5 cm³/mol. The van der Waals surface area contributed by atoms with Crippen molar-refractivity contribution in [2.75, 3.05) is 6.54 Å². The molecule has 2 aromatic rings. The van der Waals surface area contributed by atoms with E-state index in [-0.39, 0.29) is 0 Å². The van der Waals surface area contributed by atoms with E-state index in [2.05, 4.69) is 9.88 Å². The number of benzene rings is 1. The van der Waals surface area contributed by atoms with Crippen LogP contribution in [0.3, 0.4) is 0 Å². The molecule has 0 bridgehead atoms. The largest absolute Gasteiger partial charge is 0.478 e. The zero-order valence-corrected chi connectivity index (χ0v) is 12.6. The van der Waals surface area contributed by atoms with Crippen LogP contribution in [0.2, 0.25) is 0 Å². The van der Waals surface area contributed by atoms with Crippen LogP contribution in [-0.2, 0) is 6.54 Å². The number of aromatic nitrogens is 1. The van der Waals surface area contributed by atoms with Crippen LogP contribution in [-0.4, -0.2) is 27.5 Å². The van der Waals surface area contributed by atoms with Crippen molar-refractivity contribution in [1.82, 2.24) is 9.88 Å². The van der Waals surface area contributed by atoms with Gasteiger partial charge in [-0.25, -0.2) is 9.78 Å². The van der Waals surface area contributed by atoms with Crippen molar-refractivity contribution >= 4 is 17.3 Å². The molecule has 110 valence electrons. The number of piperidine rings is 1. The van der Waals surface area contributed by atoms with Crippen LogP contribution in [0.1, 0.15) is 46.2 Å². The highest BCUT2D eigenvalue weighted by atomic mass is 32.1. The average molecular weight is 302 g/mol. The molecule has 3 rings (SSSR count). The molecule has 0 saturated carbocycles. The molecule has 5 heteroatoms. The van der Waals surface area contributed by atoms with E-state index < -0.39 is 5.97 Å². The topological polar surface area (TPSA) is 53.4 Å². The van der Waals surface area contributed by atoms with Gasteiger partial charge in [-0.2, -0.15) is 0 Å². The molecule has 1 saturated heterocycles. The Balaban J connectivity index is 1.74. The summed E-state index contributed by atoms with van der Waals surface area (Å²) in [7, 11) is 0. The molecule has 1 fully saturated rings. The highest BCUT2D eigenvalue weighted by molar-refractivity contribution is 7.09. The van der Waals surface area contributed by atoms with Gasteiger partial charge in [0.05, 0.1) is 11.6 Å². The molecule has 1 aromatic carbocycles. The summed E-state index contributed by atoms with van der Waals surface area (Å²) < 4.78 is 0. The van der Waals surface area contributed by atoms with Crippen LogP contribution in [0.15, 0.2) is 35.8 Å². The number of nitrogens with zero attached hydrogens (tertiary/aromatic N) is 2. The fourth-order valence-corrected chi connectivity index (χ4v) is 3.65. The van der Waals surface area contributed by atoms with Gasteiger partial charge in [-0.3, -0.25) is 4.90 Å². The number of hydrogen-bond acceptors (Lipinski definition) is 4. The number of thiazole rings is 1. The molecule has 0 amide bonds. The van der Waals surface area contributed by atoms with Gasteiger partial charge in [0, 0.05) is 18.1 Å². The third kappa shape index (κ3) is 3.31. The quantitative estimate of drug-likeness (QED) is 0.938. The maximum absolute atomic E-state index is 10.9. The summed E-state index contributed by atoms with van der Waals surface area (Å²) in [6.07, 6.45) is 5.49. The van der Waals surface area contributed by atoms with E-state index in [1.165, 1.54) is 17.8 Å². The molecular formula is C16H18N2O2S. The van der Waals surface area contributed by atoms with Crippen LogP contribution in [0.4, 0.5) is 0 Å². The number of aromatic carboxylic acids is 1. The lowest BCUT2D eigenvalue weighted by molar-refractivity contribution is 0.0697. The fourth-order valence-electron chi connectivity index (χ4n) is 2.85. The lowest BCUT2D eigenvalue weighted by Crippen LogP contribution is -2.32. The smallest absolute Gasteiger partial charge is 0.335 e. The van der Waals surface area contributed by atoms with Crippen LogP contribution in [0.25, 0.3) is 0 Å². The lowest BCUT2D eigenvalue weighted by Gasteiger charge is -2.34. The zero-order valence-electron chi connectivity index (χ0n) is 11.7. The molecule has 1 atom stereocenters. The summed E-state index contributed by atoms with van der Waals surface area (Å²) in [4.78, 5) is 17.8. The van der Waals surface area contributed by atoms with E-state index in [4.69, 9.17) is 5.11 Å². The third-order valence-electron chi connectivity index (χ3n) is 3.94. The number of carbonyl (C=O) groups is 1. The van der Waals surface area contributed by atoms with Gasteiger partial charge < -0.3 is 5.11 Å². The first-order valence-electron chi connectivity index (χ1n) is 7.20. The minimum atomic E-state index is -0.875. The van der Waals surface area contributed by atoms with E-state index in [1.807, 2.05) is 23.7 Å². The molecule has 21 heavy (non-hydrogen) atoms. The van der Waals surface area contributed by atoms with Crippen molar-refractivity contribution in [2.45, 2.75) is 31.8 Å². The SMILES string of the molecule is O=C(O)c1ccc(CN2CCCCC2c2nccs2)cc1. The van der Waals surface area contributed by atoms with Gasteiger partial charge in [-0.1, -0.05) is 18.6 Å². The Labute approximate surface area is 128 Å². The first-order valence-corrected chi connectivity index (χ1v) is 8.07. The molecule has 1 aromatic heterocycles.